The molecule has 0 spiro atoms. The minimum atomic E-state index is -0.650. The Kier molecular flexibility index (Phi) is 4.16. The molecule has 0 saturated heterocycles. The third kappa shape index (κ3) is 3.26. The van der Waals surface area contributed by atoms with E-state index in [1.165, 1.54) is 42.7 Å². The second-order valence-electron chi connectivity index (χ2n) is 4.61. The van der Waals surface area contributed by atoms with E-state index in [1.54, 1.807) is 0 Å². The Morgan fingerprint density at radius 1 is 1.13 bits per heavy atom. The molecule has 116 valence electrons. The van der Waals surface area contributed by atoms with Gasteiger partial charge >= 0.3 is 0 Å². The highest BCUT2D eigenvalue weighted by molar-refractivity contribution is 9.10. The van der Waals surface area contributed by atoms with E-state index >= 15 is 0 Å². The van der Waals surface area contributed by atoms with E-state index in [1.807, 2.05) is 0 Å². The maximum Gasteiger partial charge on any atom is 0.258 e. The van der Waals surface area contributed by atoms with Crippen LogP contribution in [0.15, 0.2) is 47.2 Å². The first kappa shape index (κ1) is 15.3. The summed E-state index contributed by atoms with van der Waals surface area (Å²) in [5.41, 5.74) is 0.335. The van der Waals surface area contributed by atoms with Crippen LogP contribution in [0.25, 0.3) is 11.4 Å². The van der Waals surface area contributed by atoms with E-state index < -0.39 is 17.5 Å². The van der Waals surface area contributed by atoms with Gasteiger partial charge in [-0.2, -0.15) is 5.10 Å². The number of rotatable bonds is 3. The molecule has 8 heteroatoms. The molecule has 1 amide bonds. The summed E-state index contributed by atoms with van der Waals surface area (Å²) >= 11 is 3.18. The minimum absolute atomic E-state index is 0.120. The summed E-state index contributed by atoms with van der Waals surface area (Å²) in [5.74, 6) is -1.58. The van der Waals surface area contributed by atoms with Crippen LogP contribution in [0.2, 0.25) is 0 Å². The number of hydrogen-bond acceptors (Lipinski definition) is 3. The zero-order chi connectivity index (χ0) is 16.4. The predicted molar refractivity (Wildman–Crippen MR) is 83.8 cm³/mol. The van der Waals surface area contributed by atoms with Crippen LogP contribution in [0.3, 0.4) is 0 Å². The zero-order valence-corrected chi connectivity index (χ0v) is 13.1. The van der Waals surface area contributed by atoms with E-state index in [0.717, 1.165) is 0 Å². The maximum atomic E-state index is 13.8. The molecule has 0 radical (unpaired) electrons. The molecule has 0 saturated carbocycles. The molecule has 0 aliphatic heterocycles. The van der Waals surface area contributed by atoms with Gasteiger partial charge < -0.3 is 5.32 Å². The Balaban J connectivity index is 1.90. The molecule has 3 rings (SSSR count). The lowest BCUT2D eigenvalue weighted by atomic mass is 10.1. The van der Waals surface area contributed by atoms with E-state index in [0.29, 0.717) is 10.2 Å². The highest BCUT2D eigenvalue weighted by Crippen LogP contribution is 2.24. The number of H-pyrrole nitrogens is 1. The largest absolute Gasteiger partial charge is 0.322 e. The van der Waals surface area contributed by atoms with Crippen molar-refractivity contribution in [1.82, 2.24) is 15.2 Å². The topological polar surface area (TPSA) is 70.7 Å². The fourth-order valence-electron chi connectivity index (χ4n) is 1.99. The molecule has 0 aliphatic rings. The molecule has 2 N–H and O–H groups in total. The van der Waals surface area contributed by atoms with Crippen LogP contribution in [-0.4, -0.2) is 21.1 Å². The molecule has 0 atom stereocenters. The van der Waals surface area contributed by atoms with E-state index in [9.17, 15) is 13.6 Å². The normalized spacial score (nSPS) is 10.6. The van der Waals surface area contributed by atoms with Crippen LogP contribution < -0.4 is 5.32 Å². The fourth-order valence-corrected chi connectivity index (χ4v) is 2.35. The maximum absolute atomic E-state index is 13.8. The second-order valence-corrected chi connectivity index (χ2v) is 5.52. The van der Waals surface area contributed by atoms with Gasteiger partial charge in [0.2, 0.25) is 0 Å². The molecule has 1 aromatic heterocycles. The number of amides is 1. The number of nitrogens with one attached hydrogen (secondary N) is 2. The van der Waals surface area contributed by atoms with Gasteiger partial charge in [-0.15, -0.1) is 0 Å². The van der Waals surface area contributed by atoms with Crippen molar-refractivity contribution < 1.29 is 13.6 Å². The van der Waals surface area contributed by atoms with Gasteiger partial charge in [-0.1, -0.05) is 15.9 Å². The lowest BCUT2D eigenvalue weighted by Crippen LogP contribution is -2.14. The van der Waals surface area contributed by atoms with Gasteiger partial charge in [0.15, 0.2) is 5.82 Å². The number of carbonyl (C=O) groups is 1. The SMILES string of the molecule is O=C(Nc1ccc(F)c(-c2ncn[nH]2)c1)c1cc(Br)ccc1F. The summed E-state index contributed by atoms with van der Waals surface area (Å²) in [6.45, 7) is 0. The fraction of sp³-hybridized carbons (Fsp3) is 0. The summed E-state index contributed by atoms with van der Waals surface area (Å²) in [7, 11) is 0. The molecule has 0 aliphatic carbocycles. The average molecular weight is 379 g/mol. The van der Waals surface area contributed by atoms with Crippen molar-refractivity contribution in [3.05, 3.63) is 64.4 Å². The van der Waals surface area contributed by atoms with Crippen LogP contribution in [0.4, 0.5) is 14.5 Å². The number of hydrogen-bond donors (Lipinski definition) is 2. The Bertz CT molecular complexity index is 868. The summed E-state index contributed by atoms with van der Waals surface area (Å²) in [6, 6.07) is 8.00. The van der Waals surface area contributed by atoms with Gasteiger partial charge in [-0.25, -0.2) is 13.8 Å². The number of aromatic nitrogens is 3. The summed E-state index contributed by atoms with van der Waals surface area (Å²) in [5, 5.41) is 8.72. The second kappa shape index (κ2) is 6.25. The van der Waals surface area contributed by atoms with Crippen molar-refractivity contribution in [3.8, 4) is 11.4 Å². The average Bonchev–Trinajstić information content (AvgIpc) is 3.05. The number of nitrogens with zero attached hydrogens (tertiary/aromatic N) is 2. The van der Waals surface area contributed by atoms with Gasteiger partial charge in [0, 0.05) is 10.2 Å². The van der Waals surface area contributed by atoms with Gasteiger partial charge in [0.1, 0.15) is 18.0 Å². The summed E-state index contributed by atoms with van der Waals surface area (Å²) < 4.78 is 28.1. The van der Waals surface area contributed by atoms with Gasteiger partial charge in [0.25, 0.3) is 5.91 Å². The smallest absolute Gasteiger partial charge is 0.258 e. The lowest BCUT2D eigenvalue weighted by molar-refractivity contribution is 0.102. The van der Waals surface area contributed by atoms with Crippen molar-refractivity contribution >= 4 is 27.5 Å². The molecule has 5 nitrogen and oxygen atoms in total. The van der Waals surface area contributed by atoms with Crippen LogP contribution in [-0.2, 0) is 0 Å². The predicted octanol–water partition coefficient (Wildman–Crippen LogP) is 3.76. The molecule has 0 bridgehead atoms. The Morgan fingerprint density at radius 3 is 2.65 bits per heavy atom. The van der Waals surface area contributed by atoms with Gasteiger partial charge in [-0.3, -0.25) is 9.89 Å². The van der Waals surface area contributed by atoms with Crippen LogP contribution >= 0.6 is 15.9 Å². The molecule has 2 aromatic carbocycles. The standard InChI is InChI=1S/C15H9BrF2N4O/c16-8-1-3-13(18)11(5-8)15(23)21-9-2-4-12(17)10(6-9)14-19-7-20-22-14/h1-7H,(H,21,23)(H,19,20,22). The molecular weight excluding hydrogens is 370 g/mol. The summed E-state index contributed by atoms with van der Waals surface area (Å²) in [6.07, 6.45) is 1.25. The number of halogens is 3. The zero-order valence-electron chi connectivity index (χ0n) is 11.5. The first-order valence-electron chi connectivity index (χ1n) is 6.46. The van der Waals surface area contributed by atoms with Crippen molar-refractivity contribution in [3.63, 3.8) is 0 Å². The highest BCUT2D eigenvalue weighted by Gasteiger charge is 2.14. The highest BCUT2D eigenvalue weighted by atomic mass is 79.9. The molecule has 3 aromatic rings. The van der Waals surface area contributed by atoms with Crippen molar-refractivity contribution in [2.45, 2.75) is 0 Å². The molecule has 23 heavy (non-hydrogen) atoms. The number of aromatic amines is 1. The monoisotopic (exact) mass is 378 g/mol. The number of anilines is 1. The molecule has 0 unspecified atom stereocenters. The quantitative estimate of drug-likeness (QED) is 0.728. The Labute approximate surface area is 137 Å². The third-order valence-electron chi connectivity index (χ3n) is 3.07. The van der Waals surface area contributed by atoms with Crippen molar-refractivity contribution in [2.75, 3.05) is 5.32 Å². The minimum Gasteiger partial charge on any atom is -0.322 e. The number of carbonyl (C=O) groups excluding carboxylic acids is 1. The van der Waals surface area contributed by atoms with Crippen LogP contribution in [0.5, 0.6) is 0 Å². The van der Waals surface area contributed by atoms with E-state index in [2.05, 4.69) is 36.4 Å². The Morgan fingerprint density at radius 2 is 1.91 bits per heavy atom. The number of benzene rings is 2. The van der Waals surface area contributed by atoms with Crippen molar-refractivity contribution in [1.29, 1.82) is 0 Å². The first-order chi connectivity index (χ1) is 11.0. The molecule has 1 heterocycles. The van der Waals surface area contributed by atoms with E-state index in [4.69, 9.17) is 0 Å². The third-order valence-corrected chi connectivity index (χ3v) is 3.56. The Hall–Kier alpha value is -2.61. The van der Waals surface area contributed by atoms with Crippen LogP contribution in [0, 0.1) is 11.6 Å². The lowest BCUT2D eigenvalue weighted by Gasteiger charge is -2.08. The first-order valence-corrected chi connectivity index (χ1v) is 7.25. The van der Waals surface area contributed by atoms with Crippen LogP contribution in [0.1, 0.15) is 10.4 Å². The van der Waals surface area contributed by atoms with Gasteiger partial charge in [0.05, 0.1) is 11.1 Å². The van der Waals surface area contributed by atoms with Crippen molar-refractivity contribution in [2.24, 2.45) is 0 Å². The molecule has 0 fully saturated rings. The summed E-state index contributed by atoms with van der Waals surface area (Å²) in [4.78, 5) is 16.0. The molecular formula is C15H9BrF2N4O. The van der Waals surface area contributed by atoms with Gasteiger partial charge in [-0.05, 0) is 36.4 Å². The van der Waals surface area contributed by atoms with E-state index in [-0.39, 0.29) is 17.0 Å².